The zero-order chi connectivity index (χ0) is 23.5. The minimum absolute atomic E-state index is 0.246. The number of rotatable bonds is 6. The summed E-state index contributed by atoms with van der Waals surface area (Å²) in [7, 11) is 0. The Bertz CT molecular complexity index is 1350. The zero-order valence-electron chi connectivity index (χ0n) is 18.7. The number of hydrogen-bond donors (Lipinski definition) is 1. The highest BCUT2D eigenvalue weighted by Crippen LogP contribution is 2.30. The summed E-state index contributed by atoms with van der Waals surface area (Å²) in [4.78, 5) is 13.7. The van der Waals surface area contributed by atoms with Crippen molar-refractivity contribution in [2.75, 3.05) is 0 Å². The maximum absolute atomic E-state index is 14.8. The van der Waals surface area contributed by atoms with Crippen LogP contribution in [0.15, 0.2) is 83.7 Å². The quantitative estimate of drug-likeness (QED) is 0.371. The minimum Gasteiger partial charge on any atom is -0.322 e. The van der Waals surface area contributed by atoms with Gasteiger partial charge in [0.25, 0.3) is 5.56 Å². The van der Waals surface area contributed by atoms with Crippen LogP contribution in [0, 0.1) is 19.7 Å². The van der Waals surface area contributed by atoms with Gasteiger partial charge in [0.05, 0.1) is 5.56 Å². The van der Waals surface area contributed by atoms with Gasteiger partial charge in [-0.2, -0.15) is 0 Å². The molecule has 0 aliphatic rings. The summed E-state index contributed by atoms with van der Waals surface area (Å²) in [5, 5.41) is 0.655. The van der Waals surface area contributed by atoms with Gasteiger partial charge in [-0.1, -0.05) is 78.3 Å². The molecule has 4 aromatic rings. The first-order valence-electron chi connectivity index (χ1n) is 10.9. The molecule has 0 saturated heterocycles. The van der Waals surface area contributed by atoms with Gasteiger partial charge in [-0.3, -0.25) is 4.79 Å². The van der Waals surface area contributed by atoms with Crippen LogP contribution in [0.1, 0.15) is 34.0 Å². The van der Waals surface area contributed by atoms with Crippen molar-refractivity contribution in [1.29, 1.82) is 0 Å². The minimum atomic E-state index is -0.427. The van der Waals surface area contributed by atoms with E-state index in [-0.39, 0.29) is 18.1 Å². The third kappa shape index (κ3) is 4.63. The predicted molar refractivity (Wildman–Crippen MR) is 133 cm³/mol. The average molecular weight is 461 g/mol. The Morgan fingerprint density at radius 2 is 1.58 bits per heavy atom. The Hall–Kier alpha value is -3.21. The third-order valence-corrected chi connectivity index (χ3v) is 6.57. The van der Waals surface area contributed by atoms with Crippen LogP contribution < -0.4 is 11.3 Å². The first-order valence-corrected chi connectivity index (χ1v) is 11.3. The van der Waals surface area contributed by atoms with Gasteiger partial charge < -0.3 is 10.3 Å². The van der Waals surface area contributed by atoms with Crippen molar-refractivity contribution < 1.29 is 4.39 Å². The fourth-order valence-electron chi connectivity index (χ4n) is 4.33. The molecule has 33 heavy (non-hydrogen) atoms. The molecule has 5 heteroatoms. The van der Waals surface area contributed by atoms with E-state index in [0.29, 0.717) is 22.6 Å². The number of hydrogen-bond acceptors (Lipinski definition) is 2. The van der Waals surface area contributed by atoms with Gasteiger partial charge >= 0.3 is 0 Å². The lowest BCUT2D eigenvalue weighted by molar-refractivity contribution is 0.547. The largest absolute Gasteiger partial charge is 0.322 e. The molecule has 0 saturated carbocycles. The number of aromatic nitrogens is 1. The van der Waals surface area contributed by atoms with Gasteiger partial charge in [0, 0.05) is 35.3 Å². The molecule has 0 spiro atoms. The Balaban J connectivity index is 1.92. The van der Waals surface area contributed by atoms with Gasteiger partial charge in [-0.15, -0.1) is 0 Å². The summed E-state index contributed by atoms with van der Waals surface area (Å²) in [5.74, 6) is -0.427. The molecule has 0 fully saturated rings. The molecule has 2 N–H and O–H groups in total. The maximum Gasteiger partial charge on any atom is 0.259 e. The van der Waals surface area contributed by atoms with Gasteiger partial charge in [-0.05, 0) is 48.2 Å². The molecule has 0 aliphatic carbocycles. The van der Waals surface area contributed by atoms with E-state index in [1.54, 1.807) is 22.8 Å². The summed E-state index contributed by atoms with van der Waals surface area (Å²) in [6, 6.07) is 23.3. The average Bonchev–Trinajstić information content (AvgIpc) is 2.82. The number of benzene rings is 3. The number of nitrogens with zero attached hydrogens (tertiary/aromatic N) is 1. The molecule has 0 bridgehead atoms. The fraction of sp³-hybridized carbons (Fsp3) is 0.179. The molecule has 0 amide bonds. The molecule has 1 unspecified atom stereocenters. The van der Waals surface area contributed by atoms with Crippen LogP contribution in [-0.4, -0.2) is 4.57 Å². The molecule has 4 rings (SSSR count). The Morgan fingerprint density at radius 3 is 2.27 bits per heavy atom. The highest BCUT2D eigenvalue weighted by molar-refractivity contribution is 6.31. The van der Waals surface area contributed by atoms with Crippen molar-refractivity contribution in [2.45, 2.75) is 32.9 Å². The molecule has 1 heterocycles. The summed E-state index contributed by atoms with van der Waals surface area (Å²) in [5.41, 5.74) is 11.3. The standard InChI is InChI=1S/C28H26ClFN2O/c1-18-23(16-21-12-6-8-14-24(21)29)19(2)32(17-26(31)20-10-4-3-5-11-20)28(33)27(18)22-13-7-9-15-25(22)30/h3-15,26H,16-17,31H2,1-2H3. The molecule has 3 aromatic carbocycles. The van der Waals surface area contributed by atoms with E-state index in [1.807, 2.05) is 68.4 Å². The fourth-order valence-corrected chi connectivity index (χ4v) is 4.53. The van der Waals surface area contributed by atoms with Crippen LogP contribution in [-0.2, 0) is 13.0 Å². The highest BCUT2D eigenvalue weighted by Gasteiger charge is 2.22. The van der Waals surface area contributed by atoms with Gasteiger partial charge in [0.1, 0.15) is 5.82 Å². The second-order valence-corrected chi connectivity index (χ2v) is 8.65. The first kappa shape index (κ1) is 23.0. The lowest BCUT2D eigenvalue weighted by Gasteiger charge is -2.23. The van der Waals surface area contributed by atoms with Crippen LogP contribution in [0.25, 0.3) is 11.1 Å². The number of halogens is 2. The van der Waals surface area contributed by atoms with Crippen molar-refractivity contribution >= 4 is 11.6 Å². The van der Waals surface area contributed by atoms with Crippen molar-refractivity contribution in [3.8, 4) is 11.1 Å². The van der Waals surface area contributed by atoms with Crippen molar-refractivity contribution in [3.63, 3.8) is 0 Å². The van der Waals surface area contributed by atoms with Crippen LogP contribution >= 0.6 is 11.6 Å². The van der Waals surface area contributed by atoms with E-state index in [4.69, 9.17) is 17.3 Å². The van der Waals surface area contributed by atoms with Crippen LogP contribution in [0.4, 0.5) is 4.39 Å². The molecule has 0 radical (unpaired) electrons. The molecule has 168 valence electrons. The van der Waals surface area contributed by atoms with Crippen LogP contribution in [0.3, 0.4) is 0 Å². The predicted octanol–water partition coefficient (Wildman–Crippen LogP) is 6.22. The smallest absolute Gasteiger partial charge is 0.259 e. The highest BCUT2D eigenvalue weighted by atomic mass is 35.5. The Kier molecular flexibility index (Phi) is 6.77. The van der Waals surface area contributed by atoms with E-state index in [1.165, 1.54) is 6.07 Å². The number of nitrogens with two attached hydrogens (primary N) is 1. The molecular formula is C28H26ClFN2O. The monoisotopic (exact) mass is 460 g/mol. The van der Waals surface area contributed by atoms with E-state index >= 15 is 0 Å². The summed E-state index contributed by atoms with van der Waals surface area (Å²) in [6.07, 6.45) is 0.527. The summed E-state index contributed by atoms with van der Waals surface area (Å²) in [6.45, 7) is 4.08. The second-order valence-electron chi connectivity index (χ2n) is 8.24. The molecule has 0 aliphatic heterocycles. The SMILES string of the molecule is Cc1c(Cc2ccccc2Cl)c(C)n(CC(N)c2ccccc2)c(=O)c1-c1ccccc1F. The first-order chi connectivity index (χ1) is 15.9. The maximum atomic E-state index is 14.8. The molecule has 1 atom stereocenters. The lowest BCUT2D eigenvalue weighted by atomic mass is 9.92. The topological polar surface area (TPSA) is 48.0 Å². The van der Waals surface area contributed by atoms with Gasteiger partial charge in [0.2, 0.25) is 0 Å². The summed E-state index contributed by atoms with van der Waals surface area (Å²) >= 11 is 6.45. The Labute approximate surface area is 198 Å². The second kappa shape index (κ2) is 9.74. The van der Waals surface area contributed by atoms with E-state index in [0.717, 1.165) is 27.9 Å². The van der Waals surface area contributed by atoms with Crippen molar-refractivity contribution in [2.24, 2.45) is 5.73 Å². The Morgan fingerprint density at radius 1 is 0.939 bits per heavy atom. The normalized spacial score (nSPS) is 12.0. The van der Waals surface area contributed by atoms with Gasteiger partial charge in [-0.25, -0.2) is 4.39 Å². The molecular weight excluding hydrogens is 435 g/mol. The molecule has 3 nitrogen and oxygen atoms in total. The van der Waals surface area contributed by atoms with Crippen LogP contribution in [0.5, 0.6) is 0 Å². The lowest BCUT2D eigenvalue weighted by Crippen LogP contribution is -2.31. The van der Waals surface area contributed by atoms with Gasteiger partial charge in [0.15, 0.2) is 0 Å². The summed E-state index contributed by atoms with van der Waals surface area (Å²) < 4.78 is 16.5. The zero-order valence-corrected chi connectivity index (χ0v) is 19.4. The van der Waals surface area contributed by atoms with E-state index in [2.05, 4.69) is 0 Å². The van der Waals surface area contributed by atoms with Crippen LogP contribution in [0.2, 0.25) is 5.02 Å². The van der Waals surface area contributed by atoms with E-state index < -0.39 is 5.82 Å². The number of pyridine rings is 1. The molecule has 1 aromatic heterocycles. The third-order valence-electron chi connectivity index (χ3n) is 6.20. The van der Waals surface area contributed by atoms with Crippen molar-refractivity contribution in [3.05, 3.63) is 128 Å². The van der Waals surface area contributed by atoms with E-state index in [9.17, 15) is 9.18 Å². The van der Waals surface area contributed by atoms with Crippen molar-refractivity contribution in [1.82, 2.24) is 4.57 Å².